The molecule has 0 spiro atoms. The summed E-state index contributed by atoms with van der Waals surface area (Å²) in [6.45, 7) is 2.71. The first-order valence-corrected chi connectivity index (χ1v) is 6.20. The van der Waals surface area contributed by atoms with Crippen molar-refractivity contribution in [3.63, 3.8) is 0 Å². The lowest BCUT2D eigenvalue weighted by Crippen LogP contribution is -2.27. The first-order chi connectivity index (χ1) is 7.80. The number of rotatable bonds is 3. The maximum Gasteiger partial charge on any atom is 0.416 e. The molecule has 0 aliphatic heterocycles. The van der Waals surface area contributed by atoms with Gasteiger partial charge in [-0.3, -0.25) is 0 Å². The SMILES string of the molecule is CC1(NCc2ccc(C(F)(F)F)cc2Br)CC1. The summed E-state index contributed by atoms with van der Waals surface area (Å²) in [5.41, 5.74) is 0.416. The van der Waals surface area contributed by atoms with Crippen LogP contribution in [0.2, 0.25) is 0 Å². The third-order valence-corrected chi connectivity index (χ3v) is 3.82. The first kappa shape index (κ1) is 12.9. The van der Waals surface area contributed by atoms with Crippen LogP contribution in [0.15, 0.2) is 22.7 Å². The van der Waals surface area contributed by atoms with E-state index < -0.39 is 11.7 Å². The van der Waals surface area contributed by atoms with Crippen molar-refractivity contribution in [3.8, 4) is 0 Å². The molecule has 1 aliphatic rings. The van der Waals surface area contributed by atoms with E-state index in [1.54, 1.807) is 0 Å². The Morgan fingerprint density at radius 1 is 1.35 bits per heavy atom. The molecule has 2 rings (SSSR count). The van der Waals surface area contributed by atoms with Crippen molar-refractivity contribution in [3.05, 3.63) is 33.8 Å². The highest BCUT2D eigenvalue weighted by Crippen LogP contribution is 2.36. The minimum atomic E-state index is -4.28. The third-order valence-electron chi connectivity index (χ3n) is 3.09. The summed E-state index contributed by atoms with van der Waals surface area (Å²) < 4.78 is 37.8. The molecule has 0 radical (unpaired) electrons. The van der Waals surface area contributed by atoms with E-state index >= 15 is 0 Å². The van der Waals surface area contributed by atoms with E-state index in [1.807, 2.05) is 0 Å². The molecule has 0 amide bonds. The Labute approximate surface area is 107 Å². The molecule has 1 saturated carbocycles. The zero-order valence-electron chi connectivity index (χ0n) is 9.37. The lowest BCUT2D eigenvalue weighted by molar-refractivity contribution is -0.137. The maximum atomic E-state index is 12.4. The van der Waals surface area contributed by atoms with Crippen LogP contribution in [0.3, 0.4) is 0 Å². The average Bonchev–Trinajstić information content (AvgIpc) is 2.94. The van der Waals surface area contributed by atoms with Crippen LogP contribution in [-0.4, -0.2) is 5.54 Å². The number of alkyl halides is 3. The summed E-state index contributed by atoms with van der Waals surface area (Å²) in [4.78, 5) is 0. The average molecular weight is 308 g/mol. The molecule has 0 aromatic heterocycles. The van der Waals surface area contributed by atoms with Crippen LogP contribution in [0.25, 0.3) is 0 Å². The summed E-state index contributed by atoms with van der Waals surface area (Å²) in [6, 6.07) is 3.77. The number of benzene rings is 1. The first-order valence-electron chi connectivity index (χ1n) is 5.41. The third kappa shape index (κ3) is 3.22. The van der Waals surface area contributed by atoms with Crippen LogP contribution in [0.5, 0.6) is 0 Å². The van der Waals surface area contributed by atoms with Crippen LogP contribution in [-0.2, 0) is 12.7 Å². The molecular formula is C12H13BrF3N. The highest BCUT2D eigenvalue weighted by Gasteiger charge is 2.36. The zero-order valence-corrected chi connectivity index (χ0v) is 11.0. The number of hydrogen-bond donors (Lipinski definition) is 1. The zero-order chi connectivity index (χ0) is 12.7. The van der Waals surface area contributed by atoms with Gasteiger partial charge in [0.05, 0.1) is 5.56 Å². The van der Waals surface area contributed by atoms with Crippen LogP contribution in [0.1, 0.15) is 30.9 Å². The van der Waals surface area contributed by atoms with Crippen molar-refractivity contribution in [2.24, 2.45) is 0 Å². The van der Waals surface area contributed by atoms with E-state index in [0.29, 0.717) is 11.0 Å². The van der Waals surface area contributed by atoms with Gasteiger partial charge in [0.25, 0.3) is 0 Å². The summed E-state index contributed by atoms with van der Waals surface area (Å²) in [5, 5.41) is 3.34. The standard InChI is InChI=1S/C12H13BrF3N/c1-11(4-5-11)17-7-8-2-3-9(6-10(8)13)12(14,15)16/h2-3,6,17H,4-5,7H2,1H3. The minimum absolute atomic E-state index is 0.183. The Bertz CT molecular complexity index is 424. The fourth-order valence-corrected chi connectivity index (χ4v) is 2.06. The van der Waals surface area contributed by atoms with E-state index in [2.05, 4.69) is 28.2 Å². The second-order valence-corrected chi connectivity index (χ2v) is 5.57. The molecule has 1 aliphatic carbocycles. The van der Waals surface area contributed by atoms with E-state index in [9.17, 15) is 13.2 Å². The molecule has 1 fully saturated rings. The van der Waals surface area contributed by atoms with Gasteiger partial charge >= 0.3 is 6.18 Å². The normalized spacial score (nSPS) is 18.2. The van der Waals surface area contributed by atoms with Gasteiger partial charge in [-0.15, -0.1) is 0 Å². The van der Waals surface area contributed by atoms with Gasteiger partial charge in [0.2, 0.25) is 0 Å². The Kier molecular flexibility index (Phi) is 3.25. The van der Waals surface area contributed by atoms with Gasteiger partial charge in [-0.05, 0) is 37.5 Å². The molecule has 1 N–H and O–H groups in total. The minimum Gasteiger partial charge on any atom is -0.307 e. The van der Waals surface area contributed by atoms with E-state index in [4.69, 9.17) is 0 Å². The van der Waals surface area contributed by atoms with Gasteiger partial charge in [-0.1, -0.05) is 22.0 Å². The molecule has 1 aromatic rings. The molecule has 5 heteroatoms. The quantitative estimate of drug-likeness (QED) is 0.886. The predicted molar refractivity (Wildman–Crippen MR) is 63.6 cm³/mol. The molecule has 0 atom stereocenters. The summed E-state index contributed by atoms with van der Waals surface area (Å²) >= 11 is 3.19. The molecule has 0 heterocycles. The van der Waals surface area contributed by atoms with Crippen molar-refractivity contribution >= 4 is 15.9 Å². The van der Waals surface area contributed by atoms with Crippen LogP contribution < -0.4 is 5.32 Å². The van der Waals surface area contributed by atoms with Crippen molar-refractivity contribution in [2.75, 3.05) is 0 Å². The molecule has 0 bridgehead atoms. The van der Waals surface area contributed by atoms with Gasteiger partial charge in [-0.25, -0.2) is 0 Å². The van der Waals surface area contributed by atoms with Crippen molar-refractivity contribution in [2.45, 2.75) is 38.0 Å². The number of halogens is 4. The highest BCUT2D eigenvalue weighted by molar-refractivity contribution is 9.10. The van der Waals surface area contributed by atoms with E-state index in [1.165, 1.54) is 6.07 Å². The molecule has 0 unspecified atom stereocenters. The van der Waals surface area contributed by atoms with Crippen molar-refractivity contribution in [1.29, 1.82) is 0 Å². The smallest absolute Gasteiger partial charge is 0.307 e. The summed E-state index contributed by atoms with van der Waals surface area (Å²) in [5.74, 6) is 0. The Balaban J connectivity index is 2.09. The van der Waals surface area contributed by atoms with Gasteiger partial charge in [-0.2, -0.15) is 13.2 Å². The van der Waals surface area contributed by atoms with Gasteiger partial charge in [0.1, 0.15) is 0 Å². The van der Waals surface area contributed by atoms with Crippen molar-refractivity contribution < 1.29 is 13.2 Å². The Morgan fingerprint density at radius 3 is 2.47 bits per heavy atom. The van der Waals surface area contributed by atoms with Crippen LogP contribution in [0, 0.1) is 0 Å². The predicted octanol–water partition coefficient (Wildman–Crippen LogP) is 4.11. The molecule has 1 nitrogen and oxygen atoms in total. The summed E-state index contributed by atoms with van der Waals surface area (Å²) in [6.07, 6.45) is -2.02. The van der Waals surface area contributed by atoms with Crippen LogP contribution >= 0.6 is 15.9 Å². The van der Waals surface area contributed by atoms with Gasteiger partial charge in [0.15, 0.2) is 0 Å². The molecule has 0 saturated heterocycles. The maximum absolute atomic E-state index is 12.4. The number of hydrogen-bond acceptors (Lipinski definition) is 1. The fraction of sp³-hybridized carbons (Fsp3) is 0.500. The van der Waals surface area contributed by atoms with Crippen LogP contribution in [0.4, 0.5) is 13.2 Å². The molecule has 94 valence electrons. The molecule has 17 heavy (non-hydrogen) atoms. The van der Waals surface area contributed by atoms with E-state index in [0.717, 1.165) is 30.5 Å². The number of nitrogens with one attached hydrogen (secondary N) is 1. The van der Waals surface area contributed by atoms with E-state index in [-0.39, 0.29) is 5.54 Å². The summed E-state index contributed by atoms with van der Waals surface area (Å²) in [7, 11) is 0. The van der Waals surface area contributed by atoms with Gasteiger partial charge < -0.3 is 5.32 Å². The monoisotopic (exact) mass is 307 g/mol. The second-order valence-electron chi connectivity index (χ2n) is 4.72. The highest BCUT2D eigenvalue weighted by atomic mass is 79.9. The van der Waals surface area contributed by atoms with Crippen molar-refractivity contribution in [1.82, 2.24) is 5.32 Å². The Hall–Kier alpha value is -0.550. The Morgan fingerprint density at radius 2 is 2.00 bits per heavy atom. The largest absolute Gasteiger partial charge is 0.416 e. The lowest BCUT2D eigenvalue weighted by atomic mass is 10.1. The fourth-order valence-electron chi connectivity index (χ4n) is 1.54. The molecule has 1 aromatic carbocycles. The molecular weight excluding hydrogens is 295 g/mol. The van der Waals surface area contributed by atoms with Gasteiger partial charge in [0, 0.05) is 16.6 Å². The lowest BCUT2D eigenvalue weighted by Gasteiger charge is -2.14. The second kappa shape index (κ2) is 4.28. The topological polar surface area (TPSA) is 12.0 Å².